The zero-order chi connectivity index (χ0) is 13.8. The summed E-state index contributed by atoms with van der Waals surface area (Å²) >= 11 is 0. The molecule has 0 spiro atoms. The zero-order valence-corrected chi connectivity index (χ0v) is 11.8. The van der Waals surface area contributed by atoms with Gasteiger partial charge < -0.3 is 15.6 Å². The van der Waals surface area contributed by atoms with Crippen LogP contribution in [0.3, 0.4) is 0 Å². The molecule has 1 aromatic rings. The highest BCUT2D eigenvalue weighted by atomic mass is 16.5. The van der Waals surface area contributed by atoms with E-state index in [4.69, 9.17) is 10.5 Å². The van der Waals surface area contributed by atoms with Crippen molar-refractivity contribution in [3.63, 3.8) is 0 Å². The minimum atomic E-state index is -0.801. The van der Waals surface area contributed by atoms with Crippen LogP contribution < -0.4 is 10.5 Å². The molecule has 0 aliphatic carbocycles. The van der Waals surface area contributed by atoms with E-state index in [0.29, 0.717) is 6.61 Å². The minimum Gasteiger partial charge on any atom is -0.491 e. The van der Waals surface area contributed by atoms with Gasteiger partial charge in [0.05, 0.1) is 5.60 Å². The van der Waals surface area contributed by atoms with Crippen molar-refractivity contribution in [1.29, 1.82) is 0 Å². The molecule has 0 saturated carbocycles. The van der Waals surface area contributed by atoms with Crippen molar-refractivity contribution in [2.45, 2.75) is 45.8 Å². The van der Waals surface area contributed by atoms with Crippen molar-refractivity contribution >= 4 is 0 Å². The minimum absolute atomic E-state index is 0.162. The lowest BCUT2D eigenvalue weighted by molar-refractivity contribution is -0.0266. The highest BCUT2D eigenvalue weighted by molar-refractivity contribution is 5.27. The lowest BCUT2D eigenvalue weighted by Crippen LogP contribution is -2.37. The Morgan fingerprint density at radius 1 is 1.22 bits per heavy atom. The summed E-state index contributed by atoms with van der Waals surface area (Å²) in [6.45, 7) is 8.05. The largest absolute Gasteiger partial charge is 0.491 e. The number of hydrogen-bond acceptors (Lipinski definition) is 3. The van der Waals surface area contributed by atoms with E-state index in [9.17, 15) is 5.11 Å². The van der Waals surface area contributed by atoms with E-state index in [0.717, 1.165) is 12.2 Å². The Bertz CT molecular complexity index is 355. The van der Waals surface area contributed by atoms with Gasteiger partial charge in [0.2, 0.25) is 0 Å². The normalized spacial score (nSPS) is 16.4. The third-order valence-electron chi connectivity index (χ3n) is 3.26. The summed E-state index contributed by atoms with van der Waals surface area (Å²) in [4.78, 5) is 0. The Balaban J connectivity index is 2.54. The van der Waals surface area contributed by atoms with Gasteiger partial charge in [-0.15, -0.1) is 0 Å². The fourth-order valence-electron chi connectivity index (χ4n) is 1.49. The second kappa shape index (κ2) is 6.21. The van der Waals surface area contributed by atoms with Gasteiger partial charge >= 0.3 is 0 Å². The monoisotopic (exact) mass is 251 g/mol. The summed E-state index contributed by atoms with van der Waals surface area (Å²) in [5, 5.41) is 10.1. The van der Waals surface area contributed by atoms with E-state index in [1.165, 1.54) is 5.56 Å². The summed E-state index contributed by atoms with van der Waals surface area (Å²) in [5.41, 5.74) is 6.15. The van der Waals surface area contributed by atoms with Gasteiger partial charge in [-0.25, -0.2) is 0 Å². The van der Waals surface area contributed by atoms with Gasteiger partial charge in [0.1, 0.15) is 12.4 Å². The van der Waals surface area contributed by atoms with Crippen LogP contribution in [-0.2, 0) is 6.42 Å². The van der Waals surface area contributed by atoms with E-state index >= 15 is 0 Å². The molecular formula is C15H25NO2. The first-order chi connectivity index (χ1) is 8.31. The maximum absolute atomic E-state index is 10.1. The number of benzene rings is 1. The van der Waals surface area contributed by atoms with Crippen LogP contribution in [0, 0.1) is 5.92 Å². The lowest BCUT2D eigenvalue weighted by Gasteiger charge is -2.27. The van der Waals surface area contributed by atoms with Crippen LogP contribution in [0.1, 0.15) is 33.3 Å². The van der Waals surface area contributed by atoms with Crippen LogP contribution in [-0.4, -0.2) is 23.4 Å². The number of aliphatic hydroxyl groups is 1. The van der Waals surface area contributed by atoms with Gasteiger partial charge in [-0.1, -0.05) is 26.0 Å². The molecule has 1 rings (SSSR count). The number of hydrogen-bond donors (Lipinski definition) is 2. The van der Waals surface area contributed by atoms with Gasteiger partial charge in [0, 0.05) is 6.04 Å². The van der Waals surface area contributed by atoms with Crippen LogP contribution in [0.5, 0.6) is 5.75 Å². The average molecular weight is 251 g/mol. The Labute approximate surface area is 110 Å². The van der Waals surface area contributed by atoms with Crippen molar-refractivity contribution < 1.29 is 9.84 Å². The quantitative estimate of drug-likeness (QED) is 0.816. The van der Waals surface area contributed by atoms with Crippen LogP contribution in [0.2, 0.25) is 0 Å². The Morgan fingerprint density at radius 2 is 1.78 bits per heavy atom. The van der Waals surface area contributed by atoms with Crippen LogP contribution in [0.25, 0.3) is 0 Å². The van der Waals surface area contributed by atoms with E-state index in [-0.39, 0.29) is 12.0 Å². The molecule has 2 atom stereocenters. The molecule has 0 amide bonds. The molecule has 0 aliphatic rings. The molecule has 2 unspecified atom stereocenters. The fourth-order valence-corrected chi connectivity index (χ4v) is 1.49. The van der Waals surface area contributed by atoms with E-state index in [1.807, 2.05) is 45.0 Å². The molecule has 0 heterocycles. The predicted molar refractivity (Wildman–Crippen MR) is 74.8 cm³/mol. The van der Waals surface area contributed by atoms with Crippen molar-refractivity contribution in [3.05, 3.63) is 29.8 Å². The van der Waals surface area contributed by atoms with Gasteiger partial charge in [-0.05, 0) is 43.9 Å². The van der Waals surface area contributed by atoms with Crippen LogP contribution >= 0.6 is 0 Å². The molecule has 102 valence electrons. The van der Waals surface area contributed by atoms with Gasteiger partial charge in [-0.3, -0.25) is 0 Å². The lowest BCUT2D eigenvalue weighted by atomic mass is 9.94. The summed E-state index contributed by atoms with van der Waals surface area (Å²) in [5.74, 6) is 0.944. The second-order valence-corrected chi connectivity index (χ2v) is 5.63. The molecule has 0 saturated heterocycles. The summed E-state index contributed by atoms with van der Waals surface area (Å²) < 4.78 is 5.61. The molecule has 0 fully saturated rings. The number of rotatable bonds is 6. The standard InChI is InChI=1S/C15H25NO2/c1-11(2)15(4,17)10-18-14-7-5-13(6-8-14)9-12(3)16/h5-8,11-12,17H,9-10,16H2,1-4H3. The van der Waals surface area contributed by atoms with Crippen molar-refractivity contribution in [2.24, 2.45) is 11.7 Å². The SMILES string of the molecule is CC(N)Cc1ccc(OCC(C)(O)C(C)C)cc1. The number of ether oxygens (including phenoxy) is 1. The van der Waals surface area contributed by atoms with Gasteiger partial charge in [-0.2, -0.15) is 0 Å². The third-order valence-corrected chi connectivity index (χ3v) is 3.26. The van der Waals surface area contributed by atoms with E-state index < -0.39 is 5.60 Å². The molecular weight excluding hydrogens is 226 g/mol. The van der Waals surface area contributed by atoms with Crippen molar-refractivity contribution in [2.75, 3.05) is 6.61 Å². The molecule has 1 aromatic carbocycles. The first kappa shape index (κ1) is 15.0. The van der Waals surface area contributed by atoms with Crippen molar-refractivity contribution in [3.8, 4) is 5.75 Å². The average Bonchev–Trinajstić information content (AvgIpc) is 2.27. The first-order valence-electron chi connectivity index (χ1n) is 6.51. The number of nitrogens with two attached hydrogens (primary N) is 1. The second-order valence-electron chi connectivity index (χ2n) is 5.63. The molecule has 0 aromatic heterocycles. The molecule has 0 radical (unpaired) electrons. The van der Waals surface area contributed by atoms with Crippen LogP contribution in [0.4, 0.5) is 0 Å². The van der Waals surface area contributed by atoms with E-state index in [1.54, 1.807) is 6.92 Å². The fraction of sp³-hybridized carbons (Fsp3) is 0.600. The van der Waals surface area contributed by atoms with Gasteiger partial charge in [0.15, 0.2) is 0 Å². The maximum Gasteiger partial charge on any atom is 0.119 e. The first-order valence-corrected chi connectivity index (χ1v) is 6.51. The molecule has 0 aliphatic heterocycles. The highest BCUT2D eigenvalue weighted by Crippen LogP contribution is 2.19. The van der Waals surface area contributed by atoms with E-state index in [2.05, 4.69) is 0 Å². The zero-order valence-electron chi connectivity index (χ0n) is 11.8. The summed E-state index contributed by atoms with van der Waals surface area (Å²) in [6, 6.07) is 8.05. The topological polar surface area (TPSA) is 55.5 Å². The molecule has 18 heavy (non-hydrogen) atoms. The summed E-state index contributed by atoms with van der Waals surface area (Å²) in [6.07, 6.45) is 0.865. The molecule has 3 N–H and O–H groups in total. The third kappa shape index (κ3) is 4.67. The van der Waals surface area contributed by atoms with Crippen molar-refractivity contribution in [1.82, 2.24) is 0 Å². The molecule has 3 heteroatoms. The maximum atomic E-state index is 10.1. The van der Waals surface area contributed by atoms with Crippen LogP contribution in [0.15, 0.2) is 24.3 Å². The summed E-state index contributed by atoms with van der Waals surface area (Å²) in [7, 11) is 0. The predicted octanol–water partition coefficient (Wildman–Crippen LogP) is 2.36. The molecule has 3 nitrogen and oxygen atoms in total. The Kier molecular flexibility index (Phi) is 5.17. The molecule has 0 bridgehead atoms. The highest BCUT2D eigenvalue weighted by Gasteiger charge is 2.25. The van der Waals surface area contributed by atoms with Gasteiger partial charge in [0.25, 0.3) is 0 Å². The Hall–Kier alpha value is -1.06. The smallest absolute Gasteiger partial charge is 0.119 e. The Morgan fingerprint density at radius 3 is 2.22 bits per heavy atom.